The van der Waals surface area contributed by atoms with Crippen molar-refractivity contribution in [2.45, 2.75) is 46.7 Å². The maximum absolute atomic E-state index is 11.9. The van der Waals surface area contributed by atoms with E-state index in [4.69, 9.17) is 0 Å². The molecule has 0 aliphatic heterocycles. The second-order valence-electron chi connectivity index (χ2n) is 5.93. The number of rotatable bonds is 5. The zero-order chi connectivity index (χ0) is 16.0. The topological polar surface area (TPSA) is 91.3 Å². The number of pyridine rings is 1. The predicted octanol–water partition coefficient (Wildman–Crippen LogP) is 1.94. The number of carbonyl (C=O) groups is 2. The fraction of sp³-hybridized carbons (Fsp3) is 0.533. The Balaban J connectivity index is 2.63. The number of aryl methyl sites for hydroxylation is 1. The van der Waals surface area contributed by atoms with Gasteiger partial charge in [-0.3, -0.25) is 4.98 Å². The van der Waals surface area contributed by atoms with Crippen molar-refractivity contribution in [3.05, 3.63) is 29.6 Å². The average Bonchev–Trinajstić information content (AvgIpc) is 2.41. The number of carbonyl (C=O) groups excluding carboxylic acids is 1. The molecule has 0 bridgehead atoms. The van der Waals surface area contributed by atoms with Crippen molar-refractivity contribution in [1.29, 1.82) is 0 Å². The summed E-state index contributed by atoms with van der Waals surface area (Å²) in [6, 6.07) is 2.34. The van der Waals surface area contributed by atoms with Gasteiger partial charge in [0.05, 0.1) is 12.2 Å². The smallest absolute Gasteiger partial charge is 0.326 e. The highest BCUT2D eigenvalue weighted by Gasteiger charge is 2.32. The molecule has 21 heavy (non-hydrogen) atoms. The number of nitrogens with one attached hydrogen (secondary N) is 2. The lowest BCUT2D eigenvalue weighted by Gasteiger charge is -2.27. The fourth-order valence-corrected chi connectivity index (χ4v) is 1.95. The Kier molecular flexibility index (Phi) is 5.69. The van der Waals surface area contributed by atoms with E-state index in [-0.39, 0.29) is 6.54 Å². The van der Waals surface area contributed by atoms with Crippen molar-refractivity contribution in [1.82, 2.24) is 15.6 Å². The summed E-state index contributed by atoms with van der Waals surface area (Å²) in [5, 5.41) is 14.3. The Labute approximate surface area is 125 Å². The van der Waals surface area contributed by atoms with Crippen LogP contribution in [0.2, 0.25) is 0 Å². The quantitative estimate of drug-likeness (QED) is 0.773. The third-order valence-corrected chi connectivity index (χ3v) is 3.17. The van der Waals surface area contributed by atoms with Crippen molar-refractivity contribution < 1.29 is 14.7 Å². The summed E-state index contributed by atoms with van der Waals surface area (Å²) < 4.78 is 0. The Hall–Kier alpha value is -2.11. The second kappa shape index (κ2) is 7.06. The molecule has 6 heteroatoms. The summed E-state index contributed by atoms with van der Waals surface area (Å²) in [6.07, 6.45) is 2.50. The number of hydrogen-bond donors (Lipinski definition) is 3. The molecule has 0 saturated heterocycles. The van der Waals surface area contributed by atoms with Crippen LogP contribution < -0.4 is 10.6 Å². The molecule has 1 aromatic heterocycles. The Morgan fingerprint density at radius 1 is 1.38 bits per heavy atom. The minimum atomic E-state index is -1.05. The van der Waals surface area contributed by atoms with E-state index in [0.717, 1.165) is 17.7 Å². The number of hydrogen-bond acceptors (Lipinski definition) is 3. The minimum absolute atomic E-state index is 0.270. The van der Waals surface area contributed by atoms with Gasteiger partial charge in [-0.1, -0.05) is 33.8 Å². The molecule has 2 amide bonds. The number of urea groups is 1. The van der Waals surface area contributed by atoms with E-state index in [1.807, 2.05) is 19.1 Å². The monoisotopic (exact) mass is 293 g/mol. The van der Waals surface area contributed by atoms with Gasteiger partial charge in [0.2, 0.25) is 0 Å². The normalized spacial score (nSPS) is 12.6. The summed E-state index contributed by atoms with van der Waals surface area (Å²) in [5.74, 6) is -1.05. The highest BCUT2D eigenvalue weighted by Crippen LogP contribution is 2.19. The number of carboxylic acid groups (broad SMARTS) is 1. The molecule has 116 valence electrons. The van der Waals surface area contributed by atoms with E-state index < -0.39 is 23.5 Å². The van der Waals surface area contributed by atoms with Gasteiger partial charge in [-0.2, -0.15) is 0 Å². The lowest BCUT2D eigenvalue weighted by molar-refractivity contribution is -0.141. The van der Waals surface area contributed by atoms with Gasteiger partial charge < -0.3 is 15.7 Å². The van der Waals surface area contributed by atoms with Crippen molar-refractivity contribution in [3.63, 3.8) is 0 Å². The highest BCUT2D eigenvalue weighted by molar-refractivity contribution is 5.83. The first-order valence-electron chi connectivity index (χ1n) is 6.95. The zero-order valence-corrected chi connectivity index (χ0v) is 12.9. The minimum Gasteiger partial charge on any atom is -0.480 e. The Bertz CT molecular complexity index is 509. The van der Waals surface area contributed by atoms with Crippen LogP contribution in [0, 0.1) is 5.41 Å². The third-order valence-electron chi connectivity index (χ3n) is 3.17. The number of amides is 2. The summed E-state index contributed by atoms with van der Waals surface area (Å²) in [6.45, 7) is 7.58. The number of nitrogens with zero attached hydrogens (tertiary/aromatic N) is 1. The molecule has 0 aliphatic rings. The molecule has 0 aliphatic carbocycles. The summed E-state index contributed by atoms with van der Waals surface area (Å²) in [7, 11) is 0. The molecule has 0 radical (unpaired) electrons. The SMILES string of the molecule is CCc1cccnc1CNC(=O)NC(C(=O)O)C(C)(C)C. The maximum atomic E-state index is 11.9. The number of aromatic nitrogens is 1. The third kappa shape index (κ3) is 5.06. The van der Waals surface area contributed by atoms with Crippen LogP contribution in [0.4, 0.5) is 4.79 Å². The van der Waals surface area contributed by atoms with Gasteiger partial charge in [-0.05, 0) is 23.5 Å². The standard InChI is InChI=1S/C15H23N3O3/c1-5-10-7-6-8-16-11(10)9-17-14(21)18-12(13(19)20)15(2,3)4/h6-8,12H,5,9H2,1-4H3,(H,19,20)(H2,17,18,21). The molecule has 1 rings (SSSR count). The van der Waals surface area contributed by atoms with Crippen LogP contribution in [0.1, 0.15) is 39.0 Å². The summed E-state index contributed by atoms with van der Waals surface area (Å²) in [4.78, 5) is 27.3. The Morgan fingerprint density at radius 3 is 2.57 bits per heavy atom. The predicted molar refractivity (Wildman–Crippen MR) is 79.9 cm³/mol. The molecular formula is C15H23N3O3. The van der Waals surface area contributed by atoms with Crippen LogP contribution in [0.15, 0.2) is 18.3 Å². The largest absolute Gasteiger partial charge is 0.480 e. The first-order valence-corrected chi connectivity index (χ1v) is 6.95. The van der Waals surface area contributed by atoms with E-state index in [2.05, 4.69) is 15.6 Å². The molecule has 6 nitrogen and oxygen atoms in total. The highest BCUT2D eigenvalue weighted by atomic mass is 16.4. The van der Waals surface area contributed by atoms with Gasteiger partial charge in [-0.15, -0.1) is 0 Å². The van der Waals surface area contributed by atoms with Gasteiger partial charge in [0.25, 0.3) is 0 Å². The van der Waals surface area contributed by atoms with Crippen molar-refractivity contribution >= 4 is 12.0 Å². The van der Waals surface area contributed by atoms with Crippen LogP contribution >= 0.6 is 0 Å². The number of aliphatic carboxylic acids is 1. The molecule has 0 aromatic carbocycles. The maximum Gasteiger partial charge on any atom is 0.326 e. The average molecular weight is 293 g/mol. The molecule has 0 spiro atoms. The lowest BCUT2D eigenvalue weighted by Crippen LogP contribution is -2.52. The Morgan fingerprint density at radius 2 is 2.05 bits per heavy atom. The van der Waals surface area contributed by atoms with Gasteiger partial charge in [0.15, 0.2) is 0 Å². The van der Waals surface area contributed by atoms with Gasteiger partial charge >= 0.3 is 12.0 Å². The van der Waals surface area contributed by atoms with E-state index in [9.17, 15) is 14.7 Å². The second-order valence-corrected chi connectivity index (χ2v) is 5.93. The van der Waals surface area contributed by atoms with Gasteiger partial charge in [0.1, 0.15) is 6.04 Å². The van der Waals surface area contributed by atoms with E-state index >= 15 is 0 Å². The van der Waals surface area contributed by atoms with Crippen molar-refractivity contribution in [2.75, 3.05) is 0 Å². The van der Waals surface area contributed by atoms with Gasteiger partial charge in [0, 0.05) is 6.20 Å². The first kappa shape index (κ1) is 16.9. The molecule has 0 saturated carbocycles. The molecule has 0 fully saturated rings. The van der Waals surface area contributed by atoms with Crippen LogP contribution in [0.3, 0.4) is 0 Å². The van der Waals surface area contributed by atoms with Crippen LogP contribution in [-0.4, -0.2) is 28.1 Å². The van der Waals surface area contributed by atoms with E-state index in [1.54, 1.807) is 27.0 Å². The molecule has 1 heterocycles. The van der Waals surface area contributed by atoms with Gasteiger partial charge in [-0.25, -0.2) is 9.59 Å². The van der Waals surface area contributed by atoms with Crippen LogP contribution in [0.5, 0.6) is 0 Å². The molecule has 3 N–H and O–H groups in total. The van der Waals surface area contributed by atoms with Crippen LogP contribution in [-0.2, 0) is 17.8 Å². The molecule has 1 aromatic rings. The van der Waals surface area contributed by atoms with E-state index in [0.29, 0.717) is 0 Å². The van der Waals surface area contributed by atoms with Crippen LogP contribution in [0.25, 0.3) is 0 Å². The van der Waals surface area contributed by atoms with Crippen molar-refractivity contribution in [3.8, 4) is 0 Å². The molecule has 1 unspecified atom stereocenters. The fourth-order valence-electron chi connectivity index (χ4n) is 1.95. The zero-order valence-electron chi connectivity index (χ0n) is 12.9. The lowest BCUT2D eigenvalue weighted by atomic mass is 9.87. The summed E-state index contributed by atoms with van der Waals surface area (Å²) >= 11 is 0. The molecule has 1 atom stereocenters. The first-order chi connectivity index (χ1) is 9.75. The number of carboxylic acids is 1. The summed E-state index contributed by atoms with van der Waals surface area (Å²) in [5.41, 5.74) is 1.28. The van der Waals surface area contributed by atoms with Crippen molar-refractivity contribution in [2.24, 2.45) is 5.41 Å². The molecular weight excluding hydrogens is 270 g/mol. The van der Waals surface area contributed by atoms with E-state index in [1.165, 1.54) is 0 Å².